The first kappa shape index (κ1) is 22.1. The smallest absolute Gasteiger partial charge is 0.338 e. The highest BCUT2D eigenvalue weighted by molar-refractivity contribution is 5.89. The topological polar surface area (TPSA) is 122 Å². The van der Waals surface area contributed by atoms with Gasteiger partial charge in [0.2, 0.25) is 0 Å². The van der Waals surface area contributed by atoms with E-state index in [9.17, 15) is 14.4 Å². The van der Waals surface area contributed by atoms with Gasteiger partial charge in [-0.25, -0.2) is 4.79 Å². The highest BCUT2D eigenvalue weighted by atomic mass is 16.6. The van der Waals surface area contributed by atoms with Crippen molar-refractivity contribution in [3.63, 3.8) is 0 Å². The van der Waals surface area contributed by atoms with Gasteiger partial charge in [0.1, 0.15) is 19.0 Å². The lowest BCUT2D eigenvalue weighted by Gasteiger charge is -2.13. The van der Waals surface area contributed by atoms with E-state index in [1.54, 1.807) is 36.4 Å². The summed E-state index contributed by atoms with van der Waals surface area (Å²) >= 11 is 0. The SMILES string of the molecule is CC(=O)C(CC(=O)COCCOC(=O)c1ccc(N)cc1)Cc1ccc(N)cc1. The van der Waals surface area contributed by atoms with Gasteiger partial charge >= 0.3 is 5.97 Å². The molecule has 2 aromatic rings. The van der Waals surface area contributed by atoms with E-state index < -0.39 is 11.9 Å². The van der Waals surface area contributed by atoms with E-state index >= 15 is 0 Å². The molecule has 0 spiro atoms. The van der Waals surface area contributed by atoms with Gasteiger partial charge in [-0.1, -0.05) is 12.1 Å². The van der Waals surface area contributed by atoms with Crippen molar-refractivity contribution in [1.82, 2.24) is 0 Å². The summed E-state index contributed by atoms with van der Waals surface area (Å²) in [6.45, 7) is 1.46. The van der Waals surface area contributed by atoms with Gasteiger partial charge in [0.05, 0.1) is 12.2 Å². The first-order valence-electron chi connectivity index (χ1n) is 9.32. The molecule has 1 atom stereocenters. The minimum atomic E-state index is -0.486. The highest BCUT2D eigenvalue weighted by Crippen LogP contribution is 2.16. The molecule has 0 amide bonds. The molecule has 0 aliphatic heterocycles. The Morgan fingerprint density at radius 1 is 0.897 bits per heavy atom. The maximum absolute atomic E-state index is 12.1. The second-order valence-corrected chi connectivity index (χ2v) is 6.81. The van der Waals surface area contributed by atoms with Gasteiger partial charge in [-0.15, -0.1) is 0 Å². The molecule has 0 saturated carbocycles. The van der Waals surface area contributed by atoms with Crippen molar-refractivity contribution in [2.24, 2.45) is 5.92 Å². The van der Waals surface area contributed by atoms with Gasteiger partial charge in [-0.05, 0) is 55.3 Å². The van der Waals surface area contributed by atoms with E-state index in [2.05, 4.69) is 0 Å². The minimum absolute atomic E-state index is 0.0259. The molecule has 2 aromatic carbocycles. The van der Waals surface area contributed by atoms with Crippen molar-refractivity contribution in [3.8, 4) is 0 Å². The average molecular weight is 398 g/mol. The third kappa shape index (κ3) is 7.75. The number of nitrogen functional groups attached to an aromatic ring is 2. The molecule has 2 rings (SSSR count). The number of nitrogens with two attached hydrogens (primary N) is 2. The molecule has 7 nitrogen and oxygen atoms in total. The van der Waals surface area contributed by atoms with E-state index in [0.29, 0.717) is 23.4 Å². The van der Waals surface area contributed by atoms with Crippen molar-refractivity contribution < 1.29 is 23.9 Å². The van der Waals surface area contributed by atoms with E-state index in [-0.39, 0.29) is 37.8 Å². The zero-order valence-corrected chi connectivity index (χ0v) is 16.4. The third-order valence-electron chi connectivity index (χ3n) is 4.38. The number of anilines is 2. The van der Waals surface area contributed by atoms with Gasteiger partial charge in [0.15, 0.2) is 5.78 Å². The quantitative estimate of drug-likeness (QED) is 0.339. The summed E-state index contributed by atoms with van der Waals surface area (Å²) in [5.41, 5.74) is 13.8. The first-order chi connectivity index (χ1) is 13.8. The van der Waals surface area contributed by atoms with Crippen LogP contribution in [-0.4, -0.2) is 37.4 Å². The summed E-state index contributed by atoms with van der Waals surface area (Å²) in [6.07, 6.45) is 0.575. The van der Waals surface area contributed by atoms with E-state index in [4.69, 9.17) is 20.9 Å². The number of rotatable bonds is 11. The predicted molar refractivity (Wildman–Crippen MR) is 110 cm³/mol. The molecule has 29 heavy (non-hydrogen) atoms. The van der Waals surface area contributed by atoms with Crippen molar-refractivity contribution in [2.45, 2.75) is 19.8 Å². The van der Waals surface area contributed by atoms with Gasteiger partial charge in [-0.3, -0.25) is 9.59 Å². The summed E-state index contributed by atoms with van der Waals surface area (Å²) in [6, 6.07) is 13.6. The fourth-order valence-electron chi connectivity index (χ4n) is 2.71. The Morgan fingerprint density at radius 2 is 1.48 bits per heavy atom. The second-order valence-electron chi connectivity index (χ2n) is 6.81. The van der Waals surface area contributed by atoms with Crippen LogP contribution in [0.3, 0.4) is 0 Å². The molecule has 154 valence electrons. The number of hydrogen-bond donors (Lipinski definition) is 2. The van der Waals surface area contributed by atoms with Crippen LogP contribution >= 0.6 is 0 Å². The Bertz CT molecular complexity index is 831. The molecule has 4 N–H and O–H groups in total. The Labute approximate surface area is 170 Å². The summed E-state index contributed by atoms with van der Waals surface area (Å²) in [7, 11) is 0. The first-order valence-corrected chi connectivity index (χ1v) is 9.32. The standard InChI is InChI=1S/C22H26N2O5/c1-15(25)18(12-16-2-6-19(23)7-3-16)13-21(26)14-28-10-11-29-22(27)17-4-8-20(24)9-5-17/h2-9,18H,10-14,23-24H2,1H3. The normalized spacial score (nSPS) is 11.6. The number of Topliss-reactive ketones (excluding diaryl/α,β-unsaturated/α-hetero) is 2. The summed E-state index contributed by atoms with van der Waals surface area (Å²) in [5, 5.41) is 0. The predicted octanol–water partition coefficient (Wildman–Crippen LogP) is 2.43. The second kappa shape index (κ2) is 11.0. The van der Waals surface area contributed by atoms with Gasteiger partial charge in [0, 0.05) is 23.7 Å². The van der Waals surface area contributed by atoms with E-state index in [1.807, 2.05) is 12.1 Å². The fourth-order valence-corrected chi connectivity index (χ4v) is 2.71. The van der Waals surface area contributed by atoms with Crippen molar-refractivity contribution >= 4 is 28.9 Å². The maximum Gasteiger partial charge on any atom is 0.338 e. The number of carbonyl (C=O) groups is 3. The number of ketones is 2. The van der Waals surface area contributed by atoms with Crippen LogP contribution in [0.15, 0.2) is 48.5 Å². The largest absolute Gasteiger partial charge is 0.460 e. The molecule has 1 unspecified atom stereocenters. The zero-order valence-electron chi connectivity index (χ0n) is 16.4. The molecule has 0 bridgehead atoms. The Morgan fingerprint density at radius 3 is 2.07 bits per heavy atom. The van der Waals surface area contributed by atoms with Crippen molar-refractivity contribution in [2.75, 3.05) is 31.3 Å². The number of ether oxygens (including phenoxy) is 2. The zero-order chi connectivity index (χ0) is 21.2. The molecular weight excluding hydrogens is 372 g/mol. The number of hydrogen-bond acceptors (Lipinski definition) is 7. The van der Waals surface area contributed by atoms with Gasteiger partial charge in [-0.2, -0.15) is 0 Å². The lowest BCUT2D eigenvalue weighted by molar-refractivity contribution is -0.129. The average Bonchev–Trinajstić information content (AvgIpc) is 2.69. The lowest BCUT2D eigenvalue weighted by Crippen LogP contribution is -2.22. The molecule has 0 aliphatic carbocycles. The monoisotopic (exact) mass is 398 g/mol. The van der Waals surface area contributed by atoms with Gasteiger partial charge in [0.25, 0.3) is 0 Å². The molecule has 0 heterocycles. The van der Waals surface area contributed by atoms with Crippen LogP contribution < -0.4 is 11.5 Å². The highest BCUT2D eigenvalue weighted by Gasteiger charge is 2.19. The van der Waals surface area contributed by atoms with Crippen LogP contribution in [0, 0.1) is 5.92 Å². The van der Waals surface area contributed by atoms with E-state index in [1.165, 1.54) is 6.92 Å². The number of benzene rings is 2. The summed E-state index contributed by atoms with van der Waals surface area (Å²) in [5.74, 6) is -1.11. The van der Waals surface area contributed by atoms with Crippen molar-refractivity contribution in [1.29, 1.82) is 0 Å². The molecule has 0 radical (unpaired) electrons. The molecule has 0 saturated heterocycles. The molecule has 0 fully saturated rings. The van der Waals surface area contributed by atoms with Crippen LogP contribution in [0.5, 0.6) is 0 Å². The van der Waals surface area contributed by atoms with Crippen LogP contribution in [0.1, 0.15) is 29.3 Å². The Hall–Kier alpha value is -3.19. The number of esters is 1. The number of carbonyl (C=O) groups excluding carboxylic acids is 3. The van der Waals surface area contributed by atoms with Crippen LogP contribution in [0.4, 0.5) is 11.4 Å². The molecular formula is C22H26N2O5. The fraction of sp³-hybridized carbons (Fsp3) is 0.318. The van der Waals surface area contributed by atoms with Crippen LogP contribution in [0.25, 0.3) is 0 Å². The Balaban J connectivity index is 1.69. The molecule has 0 aromatic heterocycles. The lowest BCUT2D eigenvalue weighted by atomic mass is 9.91. The maximum atomic E-state index is 12.1. The van der Waals surface area contributed by atoms with Crippen LogP contribution in [0.2, 0.25) is 0 Å². The summed E-state index contributed by atoms with van der Waals surface area (Å²) < 4.78 is 10.4. The van der Waals surface area contributed by atoms with E-state index in [0.717, 1.165) is 5.56 Å². The minimum Gasteiger partial charge on any atom is -0.460 e. The Kier molecular flexibility index (Phi) is 8.36. The van der Waals surface area contributed by atoms with Gasteiger partial charge < -0.3 is 20.9 Å². The third-order valence-corrected chi connectivity index (χ3v) is 4.38. The summed E-state index contributed by atoms with van der Waals surface area (Å²) in [4.78, 5) is 35.8. The van der Waals surface area contributed by atoms with Crippen LogP contribution in [-0.2, 0) is 25.5 Å². The van der Waals surface area contributed by atoms with Crippen molar-refractivity contribution in [3.05, 3.63) is 59.7 Å². The molecule has 7 heteroatoms. The molecule has 0 aliphatic rings.